The Kier molecular flexibility index (Phi) is 7.01. The molecule has 2 aromatic heterocycles. The van der Waals surface area contributed by atoms with E-state index in [1.165, 1.54) is 6.20 Å². The summed E-state index contributed by atoms with van der Waals surface area (Å²) in [6.07, 6.45) is 7.51. The highest BCUT2D eigenvalue weighted by molar-refractivity contribution is 7.93. The monoisotopic (exact) mass is 562 g/mol. The van der Waals surface area contributed by atoms with Gasteiger partial charge in [0, 0.05) is 53.1 Å². The smallest absolute Gasteiger partial charge is 0.246 e. The Morgan fingerprint density at radius 2 is 1.85 bits per heavy atom. The topological polar surface area (TPSA) is 118 Å². The molecule has 3 heterocycles. The van der Waals surface area contributed by atoms with Crippen molar-refractivity contribution >= 4 is 32.3 Å². The summed E-state index contributed by atoms with van der Waals surface area (Å²) < 4.78 is 50.4. The van der Waals surface area contributed by atoms with Gasteiger partial charge in [0.15, 0.2) is 5.82 Å². The highest BCUT2D eigenvalue weighted by Crippen LogP contribution is 2.43. The Hall–Kier alpha value is -3.83. The van der Waals surface area contributed by atoms with Crippen LogP contribution in [0.25, 0.3) is 22.0 Å². The number of rotatable bonds is 8. The van der Waals surface area contributed by atoms with Crippen LogP contribution in [-0.4, -0.2) is 47.8 Å². The van der Waals surface area contributed by atoms with Crippen molar-refractivity contribution in [1.29, 1.82) is 0 Å². The van der Waals surface area contributed by atoms with Gasteiger partial charge in [0.05, 0.1) is 10.9 Å². The predicted octanol–water partition coefficient (Wildman–Crippen LogP) is 5.25. The lowest BCUT2D eigenvalue weighted by molar-refractivity contribution is 0.459. The van der Waals surface area contributed by atoms with Gasteiger partial charge in [-0.1, -0.05) is 31.2 Å². The summed E-state index contributed by atoms with van der Waals surface area (Å²) in [4.78, 5) is 13.4. The van der Waals surface area contributed by atoms with Crippen LogP contribution in [0.1, 0.15) is 31.7 Å². The van der Waals surface area contributed by atoms with Crippen LogP contribution in [-0.2, 0) is 10.0 Å². The number of hydrogen-bond donors (Lipinski definition) is 3. The van der Waals surface area contributed by atoms with Crippen molar-refractivity contribution in [3.63, 3.8) is 0 Å². The molecule has 3 N–H and O–H groups in total. The fourth-order valence-corrected chi connectivity index (χ4v) is 7.02. The second-order valence-corrected chi connectivity index (χ2v) is 12.4. The zero-order valence-electron chi connectivity index (χ0n) is 22.3. The molecule has 3 atom stereocenters. The van der Waals surface area contributed by atoms with Crippen molar-refractivity contribution in [2.75, 3.05) is 23.1 Å². The number of hydrogen-bond acceptors (Lipinski definition) is 8. The van der Waals surface area contributed by atoms with Crippen LogP contribution in [0.4, 0.5) is 15.9 Å². The lowest BCUT2D eigenvalue weighted by Gasteiger charge is -2.24. The summed E-state index contributed by atoms with van der Waals surface area (Å²) in [6, 6.07) is 11.0. The number of halogens is 1. The molecule has 2 aliphatic rings. The normalized spacial score (nSPS) is 20.7. The van der Waals surface area contributed by atoms with Crippen LogP contribution in [0, 0.1) is 18.7 Å². The molecule has 40 heavy (non-hydrogen) atoms. The van der Waals surface area contributed by atoms with E-state index in [1.54, 1.807) is 43.6 Å². The Morgan fingerprint density at radius 1 is 1.07 bits per heavy atom. The standard InChI is InChI=1S/C29H31FN6O3S/c1-17-14-23(17)40(37,38)36-27-21-7-3-4-8-22(21)28(18(2)25(27)30)39-29-26(33-12-13-34-29)19-9-11-32-24(15-19)35-20-6-5-10-31-16-20/h3-4,7-9,11-13,15,17,20,23,31,36H,5-6,10,14,16H2,1-2H3,(H,32,35). The average molecular weight is 563 g/mol. The van der Waals surface area contributed by atoms with E-state index in [0.29, 0.717) is 22.9 Å². The van der Waals surface area contributed by atoms with E-state index in [0.717, 1.165) is 37.3 Å². The molecule has 1 saturated heterocycles. The lowest BCUT2D eigenvalue weighted by atomic mass is 10.0. The molecule has 1 aliphatic carbocycles. The number of aromatic nitrogens is 3. The lowest BCUT2D eigenvalue weighted by Crippen LogP contribution is -2.38. The number of ether oxygens (including phenoxy) is 1. The van der Waals surface area contributed by atoms with E-state index in [-0.39, 0.29) is 34.8 Å². The zero-order chi connectivity index (χ0) is 27.9. The van der Waals surface area contributed by atoms with Gasteiger partial charge >= 0.3 is 0 Å². The first-order chi connectivity index (χ1) is 19.3. The first-order valence-corrected chi connectivity index (χ1v) is 15.0. The van der Waals surface area contributed by atoms with E-state index >= 15 is 4.39 Å². The van der Waals surface area contributed by atoms with Crippen molar-refractivity contribution in [3.8, 4) is 22.9 Å². The molecule has 0 bridgehead atoms. The van der Waals surface area contributed by atoms with Crippen molar-refractivity contribution in [2.24, 2.45) is 5.92 Å². The summed E-state index contributed by atoms with van der Waals surface area (Å²) in [5.41, 5.74) is 1.32. The average Bonchev–Trinajstić information content (AvgIpc) is 3.72. The van der Waals surface area contributed by atoms with E-state index in [9.17, 15) is 8.42 Å². The number of benzene rings is 2. The SMILES string of the molecule is Cc1c(F)c(NS(=O)(=O)C2CC2C)c2ccccc2c1Oc1nccnc1-c1ccnc(NC2CCCNC2)c1. The fraction of sp³-hybridized carbons (Fsp3) is 0.345. The van der Waals surface area contributed by atoms with Gasteiger partial charge in [-0.15, -0.1) is 0 Å². The van der Waals surface area contributed by atoms with E-state index in [2.05, 4.69) is 30.3 Å². The number of fused-ring (bicyclic) bond motifs is 1. The molecule has 2 aromatic carbocycles. The van der Waals surface area contributed by atoms with Gasteiger partial charge in [-0.05, 0) is 50.8 Å². The number of nitrogens with zero attached hydrogens (tertiary/aromatic N) is 3. The molecule has 3 unspecified atom stereocenters. The fourth-order valence-electron chi connectivity index (χ4n) is 5.21. The maximum atomic E-state index is 15.8. The molecule has 0 radical (unpaired) electrons. The number of sulfonamides is 1. The first-order valence-electron chi connectivity index (χ1n) is 13.5. The molecule has 11 heteroatoms. The van der Waals surface area contributed by atoms with Crippen LogP contribution in [0.5, 0.6) is 11.6 Å². The largest absolute Gasteiger partial charge is 0.436 e. The molecular weight excluding hydrogens is 531 g/mol. The summed E-state index contributed by atoms with van der Waals surface area (Å²) in [5.74, 6) is 0.531. The number of nitrogens with one attached hydrogen (secondary N) is 3. The maximum Gasteiger partial charge on any atom is 0.246 e. The maximum absolute atomic E-state index is 15.8. The van der Waals surface area contributed by atoms with E-state index in [4.69, 9.17) is 4.74 Å². The minimum Gasteiger partial charge on any atom is -0.436 e. The van der Waals surface area contributed by atoms with E-state index < -0.39 is 21.1 Å². The Labute approximate surface area is 232 Å². The predicted molar refractivity (Wildman–Crippen MR) is 154 cm³/mol. The van der Waals surface area contributed by atoms with Crippen LogP contribution in [0.3, 0.4) is 0 Å². The molecule has 9 nitrogen and oxygen atoms in total. The quantitative estimate of drug-likeness (QED) is 0.267. The minimum atomic E-state index is -3.72. The van der Waals surface area contributed by atoms with Gasteiger partial charge in [0.25, 0.3) is 0 Å². The summed E-state index contributed by atoms with van der Waals surface area (Å²) in [6.45, 7) is 5.33. The highest BCUT2D eigenvalue weighted by atomic mass is 32.2. The van der Waals surface area contributed by atoms with Crippen LogP contribution in [0.15, 0.2) is 55.0 Å². The number of pyridine rings is 1. The zero-order valence-corrected chi connectivity index (χ0v) is 23.1. The van der Waals surface area contributed by atoms with Crippen LogP contribution >= 0.6 is 0 Å². The summed E-state index contributed by atoms with van der Waals surface area (Å²) >= 11 is 0. The van der Waals surface area contributed by atoms with Gasteiger partial charge in [0.2, 0.25) is 15.9 Å². The third-order valence-corrected chi connectivity index (χ3v) is 9.50. The molecule has 2 fully saturated rings. The van der Waals surface area contributed by atoms with E-state index in [1.807, 2.05) is 19.1 Å². The summed E-state index contributed by atoms with van der Waals surface area (Å²) in [7, 11) is -3.72. The van der Waals surface area contributed by atoms with Crippen LogP contribution in [0.2, 0.25) is 0 Å². The third kappa shape index (κ3) is 5.18. The first kappa shape index (κ1) is 26.4. The van der Waals surface area contributed by atoms with Crippen molar-refractivity contribution < 1.29 is 17.5 Å². The Balaban J connectivity index is 1.36. The third-order valence-electron chi connectivity index (χ3n) is 7.55. The van der Waals surface area contributed by atoms with Gasteiger partial charge in [-0.25, -0.2) is 27.8 Å². The summed E-state index contributed by atoms with van der Waals surface area (Å²) in [5, 5.41) is 7.30. The second kappa shape index (κ2) is 10.6. The van der Waals surface area contributed by atoms with Gasteiger partial charge in [0.1, 0.15) is 17.3 Å². The number of piperidine rings is 1. The second-order valence-electron chi connectivity index (χ2n) is 10.5. The minimum absolute atomic E-state index is 0.0499. The molecular formula is C29H31FN6O3S. The highest BCUT2D eigenvalue weighted by Gasteiger charge is 2.44. The molecule has 6 rings (SSSR count). The van der Waals surface area contributed by atoms with Crippen molar-refractivity contribution in [1.82, 2.24) is 20.3 Å². The Morgan fingerprint density at radius 3 is 2.60 bits per heavy atom. The van der Waals surface area contributed by atoms with Gasteiger partial charge in [-0.2, -0.15) is 0 Å². The number of anilines is 2. The van der Waals surface area contributed by atoms with Crippen LogP contribution < -0.4 is 20.1 Å². The molecule has 4 aromatic rings. The molecule has 0 amide bonds. The molecule has 208 valence electrons. The van der Waals surface area contributed by atoms with Crippen molar-refractivity contribution in [3.05, 3.63) is 66.4 Å². The molecule has 1 aliphatic heterocycles. The molecule has 0 spiro atoms. The Bertz CT molecular complexity index is 1680. The van der Waals surface area contributed by atoms with Gasteiger partial charge < -0.3 is 15.4 Å². The van der Waals surface area contributed by atoms with Gasteiger partial charge in [-0.3, -0.25) is 4.72 Å². The van der Waals surface area contributed by atoms with Crippen molar-refractivity contribution in [2.45, 2.75) is 44.4 Å². The molecule has 1 saturated carbocycles.